The van der Waals surface area contributed by atoms with Crippen LogP contribution in [-0.4, -0.2) is 22.4 Å². The quantitative estimate of drug-likeness (QED) is 0.843. The minimum absolute atomic E-state index is 0.233. The molecule has 9 heteroatoms. The van der Waals surface area contributed by atoms with E-state index in [2.05, 4.69) is 10.4 Å². The number of primary amides is 1. The molecule has 1 aliphatic heterocycles. The van der Waals surface area contributed by atoms with Crippen LogP contribution in [0.3, 0.4) is 0 Å². The van der Waals surface area contributed by atoms with E-state index < -0.39 is 17.8 Å². The standard InChI is InChI=1S/C13H10ClF3N4O/c14-9-2-1-6(5-8(9)13(15,16)17)10-7-3-4-19-11(7)21(20-10)12(18)22/h1-2,5,19H,3-4H2,(H2,18,22). The number of aromatic nitrogens is 2. The SMILES string of the molecule is NC(=O)n1nc(-c2ccc(Cl)c(C(F)(F)F)c2)c2c1NCC2. The van der Waals surface area contributed by atoms with Gasteiger partial charge < -0.3 is 11.1 Å². The summed E-state index contributed by atoms with van der Waals surface area (Å²) < 4.78 is 39.8. The number of hydrogen-bond acceptors (Lipinski definition) is 3. The number of nitrogens with two attached hydrogens (primary N) is 1. The summed E-state index contributed by atoms with van der Waals surface area (Å²) in [6.45, 7) is 0.563. The highest BCUT2D eigenvalue weighted by Gasteiger charge is 2.34. The maximum Gasteiger partial charge on any atom is 0.417 e. The molecule has 3 N–H and O–H groups in total. The van der Waals surface area contributed by atoms with E-state index in [-0.39, 0.29) is 10.6 Å². The van der Waals surface area contributed by atoms with Crippen LogP contribution in [-0.2, 0) is 12.6 Å². The highest BCUT2D eigenvalue weighted by Crippen LogP contribution is 2.39. The summed E-state index contributed by atoms with van der Waals surface area (Å²) in [7, 11) is 0. The van der Waals surface area contributed by atoms with E-state index in [0.29, 0.717) is 30.0 Å². The zero-order chi connectivity index (χ0) is 16.1. The number of halogens is 4. The smallest absolute Gasteiger partial charge is 0.369 e. The Balaban J connectivity index is 2.17. The Bertz CT molecular complexity index is 769. The zero-order valence-corrected chi connectivity index (χ0v) is 11.8. The summed E-state index contributed by atoms with van der Waals surface area (Å²) in [5, 5.41) is 6.58. The normalized spacial score (nSPS) is 13.8. The Morgan fingerprint density at radius 3 is 2.77 bits per heavy atom. The Morgan fingerprint density at radius 1 is 1.41 bits per heavy atom. The first-order valence-corrected chi connectivity index (χ1v) is 6.69. The van der Waals surface area contributed by atoms with Crippen molar-refractivity contribution in [3.8, 4) is 11.3 Å². The van der Waals surface area contributed by atoms with Crippen LogP contribution in [0.2, 0.25) is 5.02 Å². The molecule has 1 amide bonds. The number of nitrogens with zero attached hydrogens (tertiary/aromatic N) is 2. The third kappa shape index (κ3) is 2.29. The highest BCUT2D eigenvalue weighted by atomic mass is 35.5. The molecule has 0 radical (unpaired) electrons. The van der Waals surface area contributed by atoms with E-state index in [1.807, 2.05) is 0 Å². The maximum absolute atomic E-state index is 13.0. The highest BCUT2D eigenvalue weighted by molar-refractivity contribution is 6.31. The minimum atomic E-state index is -4.57. The van der Waals surface area contributed by atoms with Crippen LogP contribution in [0.25, 0.3) is 11.3 Å². The molecule has 22 heavy (non-hydrogen) atoms. The number of nitrogens with one attached hydrogen (secondary N) is 1. The molecule has 2 aromatic rings. The van der Waals surface area contributed by atoms with Crippen molar-refractivity contribution in [2.45, 2.75) is 12.6 Å². The van der Waals surface area contributed by atoms with Gasteiger partial charge in [-0.05, 0) is 18.6 Å². The molecule has 2 heterocycles. The predicted octanol–water partition coefficient (Wildman–Crippen LogP) is 3.12. The lowest BCUT2D eigenvalue weighted by Gasteiger charge is -2.10. The van der Waals surface area contributed by atoms with E-state index in [9.17, 15) is 18.0 Å². The summed E-state index contributed by atoms with van der Waals surface area (Å²) in [4.78, 5) is 11.4. The number of alkyl halides is 3. The van der Waals surface area contributed by atoms with Crippen molar-refractivity contribution in [1.29, 1.82) is 0 Å². The second-order valence-electron chi connectivity index (χ2n) is 4.79. The Kier molecular flexibility index (Phi) is 3.28. The minimum Gasteiger partial charge on any atom is -0.369 e. The van der Waals surface area contributed by atoms with Gasteiger partial charge in [0.25, 0.3) is 0 Å². The van der Waals surface area contributed by atoms with Gasteiger partial charge in [-0.1, -0.05) is 17.7 Å². The molecule has 0 fully saturated rings. The molecular formula is C13H10ClF3N4O. The molecule has 3 rings (SSSR count). The fourth-order valence-corrected chi connectivity index (χ4v) is 2.68. The summed E-state index contributed by atoms with van der Waals surface area (Å²) in [6.07, 6.45) is -4.03. The van der Waals surface area contributed by atoms with Gasteiger partial charge in [0, 0.05) is 17.7 Å². The first-order chi connectivity index (χ1) is 10.3. The zero-order valence-electron chi connectivity index (χ0n) is 11.0. The molecule has 5 nitrogen and oxygen atoms in total. The number of rotatable bonds is 1. The number of fused-ring (bicyclic) bond motifs is 1. The second-order valence-corrected chi connectivity index (χ2v) is 5.20. The Hall–Kier alpha value is -2.22. The van der Waals surface area contributed by atoms with Crippen molar-refractivity contribution < 1.29 is 18.0 Å². The Labute approximate surface area is 127 Å². The number of carbonyl (C=O) groups excluding carboxylic acids is 1. The third-order valence-electron chi connectivity index (χ3n) is 3.40. The maximum atomic E-state index is 13.0. The van der Waals surface area contributed by atoms with Crippen molar-refractivity contribution >= 4 is 23.4 Å². The molecule has 0 aliphatic carbocycles. The van der Waals surface area contributed by atoms with Crippen molar-refractivity contribution in [1.82, 2.24) is 9.78 Å². The number of anilines is 1. The molecule has 0 saturated heterocycles. The molecule has 1 aromatic heterocycles. The van der Waals surface area contributed by atoms with Gasteiger partial charge in [-0.15, -0.1) is 0 Å². The molecule has 0 spiro atoms. The van der Waals surface area contributed by atoms with Crippen molar-refractivity contribution in [2.24, 2.45) is 5.73 Å². The van der Waals surface area contributed by atoms with Crippen LogP contribution < -0.4 is 11.1 Å². The lowest BCUT2D eigenvalue weighted by Crippen LogP contribution is -2.22. The van der Waals surface area contributed by atoms with Crippen molar-refractivity contribution in [3.05, 3.63) is 34.3 Å². The van der Waals surface area contributed by atoms with Gasteiger partial charge in [-0.25, -0.2) is 4.79 Å². The van der Waals surface area contributed by atoms with Crippen LogP contribution in [0.15, 0.2) is 18.2 Å². The van der Waals surface area contributed by atoms with Gasteiger partial charge in [-0.3, -0.25) is 0 Å². The summed E-state index contributed by atoms with van der Waals surface area (Å²) in [5.74, 6) is 0.422. The molecular weight excluding hydrogens is 321 g/mol. The first kappa shape index (κ1) is 14.7. The van der Waals surface area contributed by atoms with Crippen LogP contribution in [0, 0.1) is 0 Å². The largest absolute Gasteiger partial charge is 0.417 e. The molecule has 0 saturated carbocycles. The van der Waals surface area contributed by atoms with Crippen molar-refractivity contribution in [3.63, 3.8) is 0 Å². The van der Waals surface area contributed by atoms with Crippen LogP contribution in [0.5, 0.6) is 0 Å². The molecule has 1 aliphatic rings. The summed E-state index contributed by atoms with van der Waals surface area (Å²) >= 11 is 5.61. The molecule has 1 aromatic carbocycles. The monoisotopic (exact) mass is 330 g/mol. The molecule has 0 bridgehead atoms. The molecule has 116 valence electrons. The van der Waals surface area contributed by atoms with Gasteiger partial charge in [0.1, 0.15) is 5.82 Å². The van der Waals surface area contributed by atoms with Crippen LogP contribution >= 0.6 is 11.6 Å². The summed E-state index contributed by atoms with van der Waals surface area (Å²) in [5.41, 5.74) is 5.46. The van der Waals surface area contributed by atoms with Gasteiger partial charge in [-0.2, -0.15) is 23.0 Å². The van der Waals surface area contributed by atoms with E-state index in [1.54, 1.807) is 0 Å². The van der Waals surface area contributed by atoms with E-state index in [1.165, 1.54) is 6.07 Å². The van der Waals surface area contributed by atoms with Crippen LogP contribution in [0.4, 0.5) is 23.8 Å². The van der Waals surface area contributed by atoms with Gasteiger partial charge >= 0.3 is 12.2 Å². The van der Waals surface area contributed by atoms with E-state index >= 15 is 0 Å². The topological polar surface area (TPSA) is 72.9 Å². The molecule has 0 unspecified atom stereocenters. The Morgan fingerprint density at radius 2 is 2.14 bits per heavy atom. The molecule has 0 atom stereocenters. The predicted molar refractivity (Wildman–Crippen MR) is 74.9 cm³/mol. The van der Waals surface area contributed by atoms with Gasteiger partial charge in [0.05, 0.1) is 16.3 Å². The average molecular weight is 331 g/mol. The number of carbonyl (C=O) groups is 1. The fraction of sp³-hybridized carbons (Fsp3) is 0.231. The third-order valence-corrected chi connectivity index (χ3v) is 3.73. The lowest BCUT2D eigenvalue weighted by molar-refractivity contribution is -0.137. The fourth-order valence-electron chi connectivity index (χ4n) is 2.46. The van der Waals surface area contributed by atoms with Crippen LogP contribution in [0.1, 0.15) is 11.1 Å². The van der Waals surface area contributed by atoms with Gasteiger partial charge in [0.15, 0.2) is 0 Å². The average Bonchev–Trinajstić information content (AvgIpc) is 2.99. The number of amides is 1. The van der Waals surface area contributed by atoms with Gasteiger partial charge in [0.2, 0.25) is 0 Å². The number of benzene rings is 1. The first-order valence-electron chi connectivity index (χ1n) is 6.31. The number of hydrogen-bond donors (Lipinski definition) is 2. The second kappa shape index (κ2) is 4.91. The van der Waals surface area contributed by atoms with E-state index in [4.69, 9.17) is 17.3 Å². The van der Waals surface area contributed by atoms with E-state index in [0.717, 1.165) is 16.8 Å². The summed E-state index contributed by atoms with van der Waals surface area (Å²) in [6, 6.07) is 2.72. The van der Waals surface area contributed by atoms with Crippen molar-refractivity contribution in [2.75, 3.05) is 11.9 Å². The lowest BCUT2D eigenvalue weighted by atomic mass is 10.0.